The van der Waals surface area contributed by atoms with Gasteiger partial charge in [-0.05, 0) is 36.4 Å². The van der Waals surface area contributed by atoms with E-state index in [-0.39, 0.29) is 17.1 Å². The smallest absolute Gasteiger partial charge is 0.357 e. The van der Waals surface area contributed by atoms with Crippen LogP contribution in [0.1, 0.15) is 20.8 Å². The standard InChI is InChI=1S/C15H12FNO4/c1-20-14(18)11-7-8-12(17-13(11)15(19)21-2)9-3-5-10(16)6-4-9/h3-8H,1-2H3. The van der Waals surface area contributed by atoms with Crippen LogP contribution < -0.4 is 0 Å². The summed E-state index contributed by atoms with van der Waals surface area (Å²) in [5.41, 5.74) is 0.891. The van der Waals surface area contributed by atoms with E-state index in [4.69, 9.17) is 0 Å². The maximum absolute atomic E-state index is 12.9. The van der Waals surface area contributed by atoms with Gasteiger partial charge in [-0.2, -0.15) is 0 Å². The maximum Gasteiger partial charge on any atom is 0.357 e. The number of methoxy groups -OCH3 is 2. The zero-order valence-corrected chi connectivity index (χ0v) is 11.4. The molecule has 0 aliphatic carbocycles. The summed E-state index contributed by atoms with van der Waals surface area (Å²) >= 11 is 0. The molecule has 1 aromatic heterocycles. The third kappa shape index (κ3) is 3.05. The predicted molar refractivity (Wildman–Crippen MR) is 72.3 cm³/mol. The number of halogens is 1. The van der Waals surface area contributed by atoms with E-state index < -0.39 is 11.9 Å². The highest BCUT2D eigenvalue weighted by molar-refractivity contribution is 6.02. The first-order valence-electron chi connectivity index (χ1n) is 6.00. The molecule has 108 valence electrons. The summed E-state index contributed by atoms with van der Waals surface area (Å²) in [6.07, 6.45) is 0. The van der Waals surface area contributed by atoms with Crippen LogP contribution in [0.3, 0.4) is 0 Å². The molecule has 21 heavy (non-hydrogen) atoms. The minimum atomic E-state index is -0.751. The van der Waals surface area contributed by atoms with E-state index in [2.05, 4.69) is 14.5 Å². The molecule has 6 heteroatoms. The molecule has 0 atom stereocenters. The second-order valence-corrected chi connectivity index (χ2v) is 4.08. The Hall–Kier alpha value is -2.76. The fourth-order valence-corrected chi connectivity index (χ4v) is 1.77. The number of pyridine rings is 1. The van der Waals surface area contributed by atoms with Gasteiger partial charge in [0.05, 0.1) is 25.5 Å². The van der Waals surface area contributed by atoms with Gasteiger partial charge in [-0.15, -0.1) is 0 Å². The van der Waals surface area contributed by atoms with Crippen molar-refractivity contribution in [2.75, 3.05) is 14.2 Å². The Balaban J connectivity index is 2.53. The molecule has 0 unspecified atom stereocenters. The second kappa shape index (κ2) is 6.13. The average molecular weight is 289 g/mol. The highest BCUT2D eigenvalue weighted by atomic mass is 19.1. The first-order valence-corrected chi connectivity index (χ1v) is 6.00. The van der Waals surface area contributed by atoms with E-state index >= 15 is 0 Å². The van der Waals surface area contributed by atoms with Crippen molar-refractivity contribution in [3.63, 3.8) is 0 Å². The fraction of sp³-hybridized carbons (Fsp3) is 0.133. The first kappa shape index (κ1) is 14.6. The van der Waals surface area contributed by atoms with E-state index in [0.29, 0.717) is 11.3 Å². The van der Waals surface area contributed by atoms with Gasteiger partial charge >= 0.3 is 11.9 Å². The Bertz CT molecular complexity index is 683. The van der Waals surface area contributed by atoms with E-state index in [9.17, 15) is 14.0 Å². The van der Waals surface area contributed by atoms with Crippen LogP contribution in [0.5, 0.6) is 0 Å². The number of ether oxygens (including phenoxy) is 2. The van der Waals surface area contributed by atoms with Gasteiger partial charge in [0.2, 0.25) is 0 Å². The molecule has 1 aromatic carbocycles. The van der Waals surface area contributed by atoms with Crippen LogP contribution in [0.4, 0.5) is 4.39 Å². The van der Waals surface area contributed by atoms with Crippen molar-refractivity contribution >= 4 is 11.9 Å². The summed E-state index contributed by atoms with van der Waals surface area (Å²) in [5.74, 6) is -1.81. The number of hydrogen-bond donors (Lipinski definition) is 0. The third-order valence-electron chi connectivity index (χ3n) is 2.82. The van der Waals surface area contributed by atoms with Gasteiger partial charge in [-0.25, -0.2) is 19.0 Å². The molecule has 0 radical (unpaired) electrons. The Morgan fingerprint density at radius 1 is 0.952 bits per heavy atom. The van der Waals surface area contributed by atoms with E-state index in [1.54, 1.807) is 6.07 Å². The van der Waals surface area contributed by atoms with Gasteiger partial charge in [-0.3, -0.25) is 0 Å². The summed E-state index contributed by atoms with van der Waals surface area (Å²) in [6.45, 7) is 0. The van der Waals surface area contributed by atoms with Gasteiger partial charge in [0, 0.05) is 5.56 Å². The molecule has 2 aromatic rings. The molecular weight excluding hydrogens is 277 g/mol. The van der Waals surface area contributed by atoms with Crippen LogP contribution in [0.25, 0.3) is 11.3 Å². The Morgan fingerprint density at radius 2 is 1.57 bits per heavy atom. The summed E-state index contributed by atoms with van der Waals surface area (Å²) in [7, 11) is 2.40. The van der Waals surface area contributed by atoms with Crippen molar-refractivity contribution in [1.29, 1.82) is 0 Å². The van der Waals surface area contributed by atoms with Crippen LogP contribution >= 0.6 is 0 Å². The number of nitrogens with zero attached hydrogens (tertiary/aromatic N) is 1. The van der Waals surface area contributed by atoms with Crippen LogP contribution in [-0.2, 0) is 9.47 Å². The zero-order valence-electron chi connectivity index (χ0n) is 11.4. The molecule has 0 N–H and O–H groups in total. The molecule has 0 aliphatic heterocycles. The normalized spacial score (nSPS) is 10.0. The minimum absolute atomic E-state index is 0.00946. The second-order valence-electron chi connectivity index (χ2n) is 4.08. The van der Waals surface area contributed by atoms with E-state index in [1.807, 2.05) is 0 Å². The topological polar surface area (TPSA) is 65.5 Å². The number of rotatable bonds is 3. The molecular formula is C15H12FNO4. The highest BCUT2D eigenvalue weighted by Gasteiger charge is 2.21. The first-order chi connectivity index (χ1) is 10.1. The summed E-state index contributed by atoms with van der Waals surface area (Å²) in [6, 6.07) is 8.58. The summed E-state index contributed by atoms with van der Waals surface area (Å²) < 4.78 is 22.1. The van der Waals surface area contributed by atoms with Crippen LogP contribution in [0.2, 0.25) is 0 Å². The number of esters is 2. The zero-order chi connectivity index (χ0) is 15.4. The molecule has 0 saturated heterocycles. The van der Waals surface area contributed by atoms with Crippen molar-refractivity contribution in [3.05, 3.63) is 53.5 Å². The third-order valence-corrected chi connectivity index (χ3v) is 2.82. The van der Waals surface area contributed by atoms with E-state index in [0.717, 1.165) is 0 Å². The molecule has 0 amide bonds. The molecule has 0 spiro atoms. The molecule has 0 bridgehead atoms. The Kier molecular flexibility index (Phi) is 4.27. The van der Waals surface area contributed by atoms with Gasteiger partial charge in [0.25, 0.3) is 0 Å². The lowest BCUT2D eigenvalue weighted by Crippen LogP contribution is -2.14. The number of carbonyl (C=O) groups excluding carboxylic acids is 2. The lowest BCUT2D eigenvalue weighted by atomic mass is 10.1. The summed E-state index contributed by atoms with van der Waals surface area (Å²) in [4.78, 5) is 27.5. The quantitative estimate of drug-likeness (QED) is 0.812. The average Bonchev–Trinajstić information content (AvgIpc) is 2.53. The summed E-state index contributed by atoms with van der Waals surface area (Å²) in [5, 5.41) is 0. The molecule has 5 nitrogen and oxygen atoms in total. The predicted octanol–water partition coefficient (Wildman–Crippen LogP) is 2.46. The van der Waals surface area contributed by atoms with Crippen molar-refractivity contribution in [2.45, 2.75) is 0 Å². The Morgan fingerprint density at radius 3 is 2.14 bits per heavy atom. The maximum atomic E-state index is 12.9. The number of aromatic nitrogens is 1. The molecule has 2 rings (SSSR count). The number of benzene rings is 1. The van der Waals surface area contributed by atoms with Crippen molar-refractivity contribution < 1.29 is 23.5 Å². The van der Waals surface area contributed by atoms with Crippen molar-refractivity contribution in [2.24, 2.45) is 0 Å². The lowest BCUT2D eigenvalue weighted by Gasteiger charge is -2.08. The van der Waals surface area contributed by atoms with Gasteiger partial charge in [0.1, 0.15) is 5.82 Å². The Labute approximate surface area is 120 Å². The SMILES string of the molecule is COC(=O)c1ccc(-c2ccc(F)cc2)nc1C(=O)OC. The van der Waals surface area contributed by atoms with Gasteiger partial charge in [0.15, 0.2) is 5.69 Å². The van der Waals surface area contributed by atoms with Crippen LogP contribution in [0, 0.1) is 5.82 Å². The van der Waals surface area contributed by atoms with E-state index in [1.165, 1.54) is 44.6 Å². The largest absolute Gasteiger partial charge is 0.465 e. The number of carbonyl (C=O) groups is 2. The minimum Gasteiger partial charge on any atom is -0.465 e. The monoisotopic (exact) mass is 289 g/mol. The van der Waals surface area contributed by atoms with Gasteiger partial charge < -0.3 is 9.47 Å². The molecule has 0 fully saturated rings. The van der Waals surface area contributed by atoms with Crippen molar-refractivity contribution in [1.82, 2.24) is 4.98 Å². The lowest BCUT2D eigenvalue weighted by molar-refractivity contribution is 0.0550. The molecule has 1 heterocycles. The number of hydrogen-bond acceptors (Lipinski definition) is 5. The highest BCUT2D eigenvalue weighted by Crippen LogP contribution is 2.20. The van der Waals surface area contributed by atoms with Crippen LogP contribution in [-0.4, -0.2) is 31.1 Å². The van der Waals surface area contributed by atoms with Gasteiger partial charge in [-0.1, -0.05) is 0 Å². The fourth-order valence-electron chi connectivity index (χ4n) is 1.77. The molecule has 0 aliphatic rings. The van der Waals surface area contributed by atoms with Crippen molar-refractivity contribution in [3.8, 4) is 11.3 Å². The molecule has 0 saturated carbocycles. The van der Waals surface area contributed by atoms with Crippen LogP contribution in [0.15, 0.2) is 36.4 Å².